The van der Waals surface area contributed by atoms with Gasteiger partial charge in [-0.25, -0.2) is 0 Å². The van der Waals surface area contributed by atoms with Crippen LogP contribution in [0.25, 0.3) is 32.3 Å². The molecule has 0 bridgehead atoms. The first kappa shape index (κ1) is 17.2. The Bertz CT molecular complexity index is 1030. The lowest BCUT2D eigenvalue weighted by molar-refractivity contribution is 0.573. The number of hydrogen-bond donors (Lipinski definition) is 4. The topological polar surface area (TPSA) is 80.9 Å². The molecule has 0 saturated carbocycles. The van der Waals surface area contributed by atoms with Gasteiger partial charge >= 0.3 is 13.6 Å². The summed E-state index contributed by atoms with van der Waals surface area (Å²) in [4.78, 5) is 0. The Morgan fingerprint density at radius 1 is 0.538 bits per heavy atom. The van der Waals surface area contributed by atoms with Crippen molar-refractivity contribution in [1.29, 1.82) is 0 Å². The van der Waals surface area contributed by atoms with Gasteiger partial charge in [-0.05, 0) is 43.2 Å². The molecular weight excluding hydrogens is 323 g/mol. The van der Waals surface area contributed by atoms with Crippen molar-refractivity contribution in [1.82, 2.24) is 0 Å². The van der Waals surface area contributed by atoms with Gasteiger partial charge in [0.1, 0.15) is 0 Å². The van der Waals surface area contributed by atoms with Gasteiger partial charge < -0.3 is 20.1 Å². The Kier molecular flexibility index (Phi) is 4.51. The molecule has 0 aliphatic heterocycles. The standard InChI is InChI=1S/C18H14B4O4/c23-19-21(25)17-10-16-12-6-2-4-8-14(12)18(22(26)20-24)9-15(16)11-5-1-3-7-13(11)17/h1-10,23-26H. The second kappa shape index (κ2) is 6.82. The summed E-state index contributed by atoms with van der Waals surface area (Å²) in [5.74, 6) is 0. The van der Waals surface area contributed by atoms with Crippen LogP contribution in [0.1, 0.15) is 0 Å². The lowest BCUT2D eigenvalue weighted by atomic mass is 9.37. The zero-order chi connectivity index (χ0) is 18.3. The van der Waals surface area contributed by atoms with E-state index in [4.69, 9.17) is 0 Å². The largest absolute Gasteiger partial charge is 0.460 e. The van der Waals surface area contributed by atoms with E-state index in [1.807, 2.05) is 60.7 Å². The van der Waals surface area contributed by atoms with Crippen LogP contribution in [0.3, 0.4) is 0 Å². The minimum atomic E-state index is -1.10. The molecule has 4 N–H and O–H groups in total. The summed E-state index contributed by atoms with van der Waals surface area (Å²) in [5.41, 5.74) is 1.23. The van der Waals surface area contributed by atoms with E-state index >= 15 is 0 Å². The maximum Gasteiger partial charge on any atom is 0.314 e. The van der Waals surface area contributed by atoms with Crippen LogP contribution in [0, 0.1) is 0 Å². The summed E-state index contributed by atoms with van der Waals surface area (Å²) in [6.07, 6.45) is 0. The minimum Gasteiger partial charge on any atom is -0.460 e. The molecule has 0 fully saturated rings. The van der Waals surface area contributed by atoms with Crippen LogP contribution in [-0.2, 0) is 0 Å². The van der Waals surface area contributed by atoms with Gasteiger partial charge in [-0.15, -0.1) is 0 Å². The molecule has 4 nitrogen and oxygen atoms in total. The molecule has 4 aromatic carbocycles. The molecule has 0 aliphatic rings. The molecule has 4 rings (SSSR count). The van der Waals surface area contributed by atoms with Crippen molar-refractivity contribution < 1.29 is 20.1 Å². The molecular formula is C18H14B4O4. The smallest absolute Gasteiger partial charge is 0.314 e. The van der Waals surface area contributed by atoms with E-state index in [0.717, 1.165) is 47.1 Å². The van der Waals surface area contributed by atoms with E-state index in [-0.39, 0.29) is 0 Å². The summed E-state index contributed by atoms with van der Waals surface area (Å²) in [6, 6.07) is 19.0. The molecule has 0 spiro atoms. The molecule has 2 radical (unpaired) electrons. The predicted octanol–water partition coefficient (Wildman–Crippen LogP) is -0.256. The van der Waals surface area contributed by atoms with Crippen molar-refractivity contribution in [2.24, 2.45) is 0 Å². The Hall–Kier alpha value is -2.24. The zero-order valence-electron chi connectivity index (χ0n) is 13.9. The lowest BCUT2D eigenvalue weighted by Gasteiger charge is -2.16. The quantitative estimate of drug-likeness (QED) is 0.306. The van der Waals surface area contributed by atoms with E-state index in [1.54, 1.807) is 0 Å². The Morgan fingerprint density at radius 3 is 1.23 bits per heavy atom. The van der Waals surface area contributed by atoms with Crippen LogP contribution in [0.2, 0.25) is 0 Å². The molecule has 122 valence electrons. The summed E-state index contributed by atoms with van der Waals surface area (Å²) < 4.78 is 0. The van der Waals surface area contributed by atoms with Crippen molar-refractivity contribution in [3.05, 3.63) is 60.7 Å². The fourth-order valence-electron chi connectivity index (χ4n) is 3.66. The third-order valence-electron chi connectivity index (χ3n) is 4.87. The molecule has 0 amide bonds. The van der Waals surface area contributed by atoms with Crippen LogP contribution in [0.15, 0.2) is 60.7 Å². The normalized spacial score (nSPS) is 11.1. The third-order valence-corrected chi connectivity index (χ3v) is 4.87. The van der Waals surface area contributed by atoms with Gasteiger partial charge in [-0.3, -0.25) is 0 Å². The van der Waals surface area contributed by atoms with E-state index in [2.05, 4.69) is 0 Å². The summed E-state index contributed by atoms with van der Waals surface area (Å²) in [7, 11) is 1.54. The molecule has 0 aromatic heterocycles. The second-order valence-electron chi connectivity index (χ2n) is 6.31. The van der Waals surface area contributed by atoms with E-state index in [9.17, 15) is 20.1 Å². The summed E-state index contributed by atoms with van der Waals surface area (Å²) >= 11 is 0. The fourth-order valence-corrected chi connectivity index (χ4v) is 3.66. The molecule has 0 unspecified atom stereocenters. The number of rotatable bonds is 4. The highest BCUT2D eigenvalue weighted by Crippen LogP contribution is 2.29. The van der Waals surface area contributed by atoms with Gasteiger partial charge in [0.25, 0.3) is 14.7 Å². The molecule has 26 heavy (non-hydrogen) atoms. The van der Waals surface area contributed by atoms with E-state index < -0.39 is 13.6 Å². The Balaban J connectivity index is 2.23. The van der Waals surface area contributed by atoms with Crippen LogP contribution in [0.4, 0.5) is 0 Å². The van der Waals surface area contributed by atoms with Crippen molar-refractivity contribution in [2.45, 2.75) is 0 Å². The fraction of sp³-hybridized carbons (Fsp3) is 0. The average molecular weight is 338 g/mol. The average Bonchev–Trinajstić information content (AvgIpc) is 2.71. The van der Waals surface area contributed by atoms with Gasteiger partial charge in [-0.2, -0.15) is 0 Å². The molecule has 0 saturated heterocycles. The van der Waals surface area contributed by atoms with Gasteiger partial charge in [0.05, 0.1) is 0 Å². The predicted molar refractivity (Wildman–Crippen MR) is 110 cm³/mol. The maximum atomic E-state index is 10.3. The van der Waals surface area contributed by atoms with Crippen molar-refractivity contribution >= 4 is 71.6 Å². The highest BCUT2D eigenvalue weighted by Gasteiger charge is 2.22. The number of benzene rings is 4. The molecule has 0 heterocycles. The number of hydrogen-bond acceptors (Lipinski definition) is 4. The molecule has 8 heteroatoms. The van der Waals surface area contributed by atoms with E-state index in [1.165, 1.54) is 0 Å². The van der Waals surface area contributed by atoms with Gasteiger partial charge in [-0.1, -0.05) is 60.7 Å². The first-order valence-corrected chi connectivity index (χ1v) is 8.34. The molecule has 0 aliphatic carbocycles. The highest BCUT2D eigenvalue weighted by atomic mass is 16.2. The zero-order valence-corrected chi connectivity index (χ0v) is 13.9. The highest BCUT2D eigenvalue weighted by molar-refractivity contribution is 7.13. The van der Waals surface area contributed by atoms with Gasteiger partial charge in [0.2, 0.25) is 0 Å². The van der Waals surface area contributed by atoms with Crippen molar-refractivity contribution in [2.75, 3.05) is 0 Å². The Labute approximate surface area is 152 Å². The first-order valence-electron chi connectivity index (χ1n) is 8.34. The summed E-state index contributed by atoms with van der Waals surface area (Å²) in [6.45, 7) is -2.20. The monoisotopic (exact) mass is 338 g/mol. The Morgan fingerprint density at radius 2 is 0.885 bits per heavy atom. The SMILES string of the molecule is O[B]B(O)c1cc2c3ccccc3c(B(O)[B]O)cc2c2ccccc12. The first-order chi connectivity index (χ1) is 12.7. The third kappa shape index (κ3) is 2.63. The van der Waals surface area contributed by atoms with Crippen LogP contribution in [0.5, 0.6) is 0 Å². The van der Waals surface area contributed by atoms with Crippen molar-refractivity contribution in [3.8, 4) is 0 Å². The second-order valence-corrected chi connectivity index (χ2v) is 6.31. The van der Waals surface area contributed by atoms with Gasteiger partial charge in [0.15, 0.2) is 0 Å². The molecule has 0 atom stereocenters. The summed E-state index contributed by atoms with van der Waals surface area (Å²) in [5, 5.41) is 44.5. The maximum absolute atomic E-state index is 10.3. The van der Waals surface area contributed by atoms with Crippen molar-refractivity contribution in [3.63, 3.8) is 0 Å². The van der Waals surface area contributed by atoms with Crippen LogP contribution in [-0.4, -0.2) is 48.5 Å². The van der Waals surface area contributed by atoms with Crippen LogP contribution >= 0.6 is 0 Å². The van der Waals surface area contributed by atoms with E-state index in [0.29, 0.717) is 10.9 Å². The number of fused-ring (bicyclic) bond motifs is 5. The van der Waals surface area contributed by atoms with Crippen LogP contribution < -0.4 is 10.9 Å². The molecule has 4 aromatic rings. The van der Waals surface area contributed by atoms with Gasteiger partial charge in [0, 0.05) is 0 Å². The lowest BCUT2D eigenvalue weighted by Crippen LogP contribution is -2.38. The minimum absolute atomic E-state index is 0.614.